The van der Waals surface area contributed by atoms with Gasteiger partial charge < -0.3 is 0 Å². The van der Waals surface area contributed by atoms with E-state index in [0.717, 1.165) is 0 Å². The molecule has 0 unspecified atom stereocenters. The van der Waals surface area contributed by atoms with Crippen molar-refractivity contribution >= 4 is 28.7 Å². The van der Waals surface area contributed by atoms with Gasteiger partial charge in [-0.15, -0.1) is 11.3 Å². The third kappa shape index (κ3) is 1.88. The topological polar surface area (TPSA) is 47.8 Å². The third-order valence-electron chi connectivity index (χ3n) is 2.12. The Bertz CT molecular complexity index is 504. The Labute approximate surface area is 102 Å². The Kier molecular flexibility index (Phi) is 3.07. The molecule has 2 aromatic heterocycles. The van der Waals surface area contributed by atoms with Crippen molar-refractivity contribution in [2.75, 3.05) is 0 Å². The predicted octanol–water partition coefficient (Wildman–Crippen LogP) is 2.80. The Morgan fingerprint density at radius 2 is 2.31 bits per heavy atom. The Balaban J connectivity index is 2.48. The van der Waals surface area contributed by atoms with Crippen molar-refractivity contribution in [1.29, 1.82) is 0 Å². The van der Waals surface area contributed by atoms with E-state index in [1.807, 2.05) is 13.8 Å². The zero-order valence-electron chi connectivity index (χ0n) is 8.85. The lowest BCUT2D eigenvalue weighted by Gasteiger charge is -2.09. The van der Waals surface area contributed by atoms with Gasteiger partial charge in [0.05, 0.1) is 16.7 Å². The lowest BCUT2D eigenvalue weighted by molar-refractivity contribution is 0.102. The normalized spacial score (nSPS) is 11.0. The van der Waals surface area contributed by atoms with Crippen LogP contribution in [0.15, 0.2) is 17.1 Å². The number of hydrogen-bond donors (Lipinski definition) is 0. The smallest absolute Gasteiger partial charge is 0.231 e. The second-order valence-electron chi connectivity index (χ2n) is 3.58. The Morgan fingerprint density at radius 1 is 1.56 bits per heavy atom. The summed E-state index contributed by atoms with van der Waals surface area (Å²) in [7, 11) is 0. The third-order valence-corrected chi connectivity index (χ3v) is 2.98. The number of thiazole rings is 1. The second kappa shape index (κ2) is 4.35. The highest BCUT2D eigenvalue weighted by atomic mass is 35.5. The Morgan fingerprint density at radius 3 is 2.88 bits per heavy atom. The zero-order chi connectivity index (χ0) is 11.7. The zero-order valence-corrected chi connectivity index (χ0v) is 10.4. The largest absolute Gasteiger partial charge is 0.285 e. The predicted molar refractivity (Wildman–Crippen MR) is 63.2 cm³/mol. The summed E-state index contributed by atoms with van der Waals surface area (Å²) in [6, 6.07) is 0.0880. The van der Waals surface area contributed by atoms with Gasteiger partial charge in [-0.1, -0.05) is 11.6 Å². The highest BCUT2D eigenvalue weighted by Gasteiger charge is 2.21. The van der Waals surface area contributed by atoms with Crippen LogP contribution in [0.1, 0.15) is 36.1 Å². The van der Waals surface area contributed by atoms with E-state index >= 15 is 0 Å². The molecule has 0 fully saturated rings. The van der Waals surface area contributed by atoms with Gasteiger partial charge in [-0.05, 0) is 13.8 Å². The highest BCUT2D eigenvalue weighted by Crippen LogP contribution is 2.22. The number of halogens is 1. The van der Waals surface area contributed by atoms with Crippen molar-refractivity contribution in [2.24, 2.45) is 0 Å². The van der Waals surface area contributed by atoms with Crippen molar-refractivity contribution in [3.8, 4) is 0 Å². The van der Waals surface area contributed by atoms with Crippen molar-refractivity contribution in [1.82, 2.24) is 14.8 Å². The van der Waals surface area contributed by atoms with E-state index in [2.05, 4.69) is 10.1 Å². The van der Waals surface area contributed by atoms with Crippen LogP contribution in [0.3, 0.4) is 0 Å². The first-order valence-electron chi connectivity index (χ1n) is 4.77. The molecule has 0 N–H and O–H groups in total. The molecule has 84 valence electrons. The average molecular weight is 256 g/mol. The summed E-state index contributed by atoms with van der Waals surface area (Å²) in [5.41, 5.74) is 2.44. The monoisotopic (exact) mass is 255 g/mol. The maximum absolute atomic E-state index is 12.1. The molecular formula is C10H10ClN3OS. The van der Waals surface area contributed by atoms with E-state index in [9.17, 15) is 4.79 Å². The van der Waals surface area contributed by atoms with Gasteiger partial charge >= 0.3 is 0 Å². The van der Waals surface area contributed by atoms with Gasteiger partial charge in [0, 0.05) is 11.4 Å². The molecule has 0 atom stereocenters. The average Bonchev–Trinajstić information content (AvgIpc) is 2.84. The minimum atomic E-state index is -0.183. The van der Waals surface area contributed by atoms with Crippen LogP contribution in [0, 0.1) is 0 Å². The molecule has 2 aromatic rings. The van der Waals surface area contributed by atoms with Gasteiger partial charge in [0.1, 0.15) is 11.4 Å². The molecule has 0 aromatic carbocycles. The second-order valence-corrected chi connectivity index (χ2v) is 4.71. The first-order valence-corrected chi connectivity index (χ1v) is 6.09. The molecule has 0 saturated heterocycles. The van der Waals surface area contributed by atoms with Crippen molar-refractivity contribution in [3.05, 3.63) is 33.5 Å². The summed E-state index contributed by atoms with van der Waals surface area (Å²) < 4.78 is 1.62. The summed E-state index contributed by atoms with van der Waals surface area (Å²) in [4.78, 5) is 16.1. The molecule has 0 aliphatic carbocycles. The molecule has 0 saturated carbocycles. The van der Waals surface area contributed by atoms with E-state index in [-0.39, 0.29) is 11.8 Å². The molecule has 0 aliphatic heterocycles. The van der Waals surface area contributed by atoms with Gasteiger partial charge in [0.2, 0.25) is 5.78 Å². The molecule has 0 bridgehead atoms. The molecule has 0 radical (unpaired) electrons. The van der Waals surface area contributed by atoms with Crippen molar-refractivity contribution in [2.45, 2.75) is 19.9 Å². The van der Waals surface area contributed by atoms with Gasteiger partial charge in [-0.25, -0.2) is 4.98 Å². The van der Waals surface area contributed by atoms with Crippen LogP contribution in [0.2, 0.25) is 5.02 Å². The molecule has 16 heavy (non-hydrogen) atoms. The quantitative estimate of drug-likeness (QED) is 0.793. The lowest BCUT2D eigenvalue weighted by Crippen LogP contribution is -2.14. The highest BCUT2D eigenvalue weighted by molar-refractivity contribution is 7.07. The summed E-state index contributed by atoms with van der Waals surface area (Å²) in [5, 5.41) is 6.16. The molecular weight excluding hydrogens is 246 g/mol. The van der Waals surface area contributed by atoms with Crippen LogP contribution >= 0.6 is 22.9 Å². The Hall–Kier alpha value is -1.20. The molecule has 0 amide bonds. The fraction of sp³-hybridized carbons (Fsp3) is 0.300. The number of carbonyl (C=O) groups excluding carboxylic acids is 1. The SMILES string of the molecule is CC(C)n1ncc(Cl)c1C(=O)c1cscn1. The van der Waals surface area contributed by atoms with Crippen LogP contribution in [0.5, 0.6) is 0 Å². The van der Waals surface area contributed by atoms with Crippen LogP contribution in [-0.2, 0) is 0 Å². The van der Waals surface area contributed by atoms with Crippen LogP contribution in [-0.4, -0.2) is 20.5 Å². The first kappa shape index (κ1) is 11.3. The molecule has 4 nitrogen and oxygen atoms in total. The van der Waals surface area contributed by atoms with E-state index in [1.165, 1.54) is 17.5 Å². The number of hydrogen-bond acceptors (Lipinski definition) is 4. The van der Waals surface area contributed by atoms with E-state index in [1.54, 1.807) is 15.6 Å². The number of nitrogens with zero attached hydrogens (tertiary/aromatic N) is 3. The number of ketones is 1. The van der Waals surface area contributed by atoms with Gasteiger partial charge in [-0.3, -0.25) is 9.48 Å². The summed E-state index contributed by atoms with van der Waals surface area (Å²) in [5.74, 6) is -0.183. The maximum atomic E-state index is 12.1. The van der Waals surface area contributed by atoms with Crippen molar-refractivity contribution < 1.29 is 4.79 Å². The van der Waals surface area contributed by atoms with E-state index in [4.69, 9.17) is 11.6 Å². The van der Waals surface area contributed by atoms with E-state index < -0.39 is 0 Å². The molecule has 0 aliphatic rings. The standard InChI is InChI=1S/C10H10ClN3OS/c1-6(2)14-9(7(11)3-13-14)10(15)8-4-16-5-12-8/h3-6H,1-2H3. The van der Waals surface area contributed by atoms with Gasteiger partial charge in [0.15, 0.2) is 0 Å². The van der Waals surface area contributed by atoms with Crippen molar-refractivity contribution in [3.63, 3.8) is 0 Å². The number of carbonyl (C=O) groups is 1. The van der Waals surface area contributed by atoms with Crippen LogP contribution in [0.4, 0.5) is 0 Å². The number of aromatic nitrogens is 3. The fourth-order valence-corrected chi connectivity index (χ4v) is 2.14. The fourth-order valence-electron chi connectivity index (χ4n) is 1.39. The summed E-state index contributed by atoms with van der Waals surface area (Å²) in [6.45, 7) is 3.89. The van der Waals surface area contributed by atoms with Gasteiger partial charge in [0.25, 0.3) is 0 Å². The van der Waals surface area contributed by atoms with Crippen LogP contribution < -0.4 is 0 Å². The molecule has 6 heteroatoms. The minimum absolute atomic E-state index is 0.0880. The van der Waals surface area contributed by atoms with E-state index in [0.29, 0.717) is 16.4 Å². The molecule has 2 rings (SSSR count). The lowest BCUT2D eigenvalue weighted by atomic mass is 10.2. The minimum Gasteiger partial charge on any atom is -0.285 e. The summed E-state index contributed by atoms with van der Waals surface area (Å²) in [6.07, 6.45) is 1.49. The van der Waals surface area contributed by atoms with Gasteiger partial charge in [-0.2, -0.15) is 5.10 Å². The number of rotatable bonds is 3. The molecule has 2 heterocycles. The summed E-state index contributed by atoms with van der Waals surface area (Å²) >= 11 is 7.35. The molecule has 0 spiro atoms. The maximum Gasteiger partial charge on any atom is 0.231 e. The first-order chi connectivity index (χ1) is 7.61. The van der Waals surface area contributed by atoms with Crippen LogP contribution in [0.25, 0.3) is 0 Å².